The summed E-state index contributed by atoms with van der Waals surface area (Å²) in [4.78, 5) is 0. The molecule has 1 N–H and O–H groups in total. The fraction of sp³-hybridized carbons (Fsp3) is 0.368. The Labute approximate surface area is 128 Å². The molecule has 0 saturated heterocycles. The van der Waals surface area contributed by atoms with Crippen LogP contribution in [0.2, 0.25) is 0 Å². The Morgan fingerprint density at radius 2 is 1.67 bits per heavy atom. The summed E-state index contributed by atoms with van der Waals surface area (Å²) in [6.07, 6.45) is 0. The van der Waals surface area contributed by atoms with Crippen molar-refractivity contribution in [1.29, 1.82) is 0 Å². The lowest BCUT2D eigenvalue weighted by Crippen LogP contribution is -2.12. The average molecular weight is 283 g/mol. The summed E-state index contributed by atoms with van der Waals surface area (Å²) in [5.41, 5.74) is 3.76. The van der Waals surface area contributed by atoms with Crippen molar-refractivity contribution in [2.75, 3.05) is 7.05 Å². The summed E-state index contributed by atoms with van der Waals surface area (Å²) in [6.45, 7) is 9.59. The molecule has 0 amide bonds. The van der Waals surface area contributed by atoms with Gasteiger partial charge in [-0.2, -0.15) is 0 Å². The van der Waals surface area contributed by atoms with Crippen molar-refractivity contribution in [3.8, 4) is 11.5 Å². The van der Waals surface area contributed by atoms with Crippen LogP contribution in [0, 0.1) is 6.92 Å². The molecule has 0 aliphatic heterocycles. The van der Waals surface area contributed by atoms with Crippen LogP contribution in [-0.2, 0) is 12.0 Å². The highest BCUT2D eigenvalue weighted by Gasteiger charge is 2.19. The molecular weight excluding hydrogens is 258 g/mol. The Bertz CT molecular complexity index is 594. The zero-order valence-electron chi connectivity index (χ0n) is 13.7. The first kappa shape index (κ1) is 15.6. The van der Waals surface area contributed by atoms with Crippen LogP contribution in [0.1, 0.15) is 37.5 Å². The van der Waals surface area contributed by atoms with Crippen LogP contribution >= 0.6 is 0 Å². The van der Waals surface area contributed by atoms with E-state index in [4.69, 9.17) is 4.74 Å². The molecule has 2 rings (SSSR count). The van der Waals surface area contributed by atoms with Gasteiger partial charge in [0.1, 0.15) is 11.5 Å². The van der Waals surface area contributed by atoms with Crippen LogP contribution in [0.5, 0.6) is 11.5 Å². The number of hydrogen-bond acceptors (Lipinski definition) is 2. The number of nitrogens with one attached hydrogen (secondary N) is 1. The molecule has 0 aliphatic rings. The summed E-state index contributed by atoms with van der Waals surface area (Å²) in [7, 11) is 1.95. The minimum atomic E-state index is 0.0646. The molecule has 0 bridgehead atoms. The summed E-state index contributed by atoms with van der Waals surface area (Å²) >= 11 is 0. The Morgan fingerprint density at radius 1 is 1.00 bits per heavy atom. The molecule has 112 valence electrons. The van der Waals surface area contributed by atoms with Gasteiger partial charge in [-0.05, 0) is 48.7 Å². The van der Waals surface area contributed by atoms with Crippen molar-refractivity contribution >= 4 is 0 Å². The Kier molecular flexibility index (Phi) is 4.69. The molecule has 2 aromatic rings. The molecule has 0 radical (unpaired) electrons. The highest BCUT2D eigenvalue weighted by atomic mass is 16.5. The van der Waals surface area contributed by atoms with E-state index in [0.29, 0.717) is 0 Å². The van der Waals surface area contributed by atoms with Crippen molar-refractivity contribution < 1.29 is 4.74 Å². The zero-order chi connectivity index (χ0) is 15.5. The Balaban J connectivity index is 2.28. The smallest absolute Gasteiger partial charge is 0.131 e. The number of aryl methyl sites for hydroxylation is 1. The van der Waals surface area contributed by atoms with Crippen molar-refractivity contribution in [3.63, 3.8) is 0 Å². The SMILES string of the molecule is CNCc1ccc(Oc2cc(C)ccc2C(C)(C)C)cc1. The van der Waals surface area contributed by atoms with Gasteiger partial charge in [-0.1, -0.05) is 45.0 Å². The van der Waals surface area contributed by atoms with Crippen LogP contribution in [0.25, 0.3) is 0 Å². The summed E-state index contributed by atoms with van der Waals surface area (Å²) in [6, 6.07) is 14.7. The molecule has 2 heteroatoms. The summed E-state index contributed by atoms with van der Waals surface area (Å²) < 4.78 is 6.13. The lowest BCUT2D eigenvalue weighted by Gasteiger charge is -2.23. The second-order valence-corrected chi connectivity index (χ2v) is 6.53. The van der Waals surface area contributed by atoms with Gasteiger partial charge in [0.15, 0.2) is 0 Å². The number of ether oxygens (including phenoxy) is 1. The van der Waals surface area contributed by atoms with E-state index in [0.717, 1.165) is 18.0 Å². The Hall–Kier alpha value is -1.80. The molecule has 21 heavy (non-hydrogen) atoms. The highest BCUT2D eigenvalue weighted by Crippen LogP contribution is 2.34. The fourth-order valence-corrected chi connectivity index (χ4v) is 2.34. The third-order valence-electron chi connectivity index (χ3n) is 3.48. The van der Waals surface area contributed by atoms with Crippen LogP contribution < -0.4 is 10.1 Å². The van der Waals surface area contributed by atoms with Crippen molar-refractivity contribution in [2.45, 2.75) is 39.7 Å². The maximum atomic E-state index is 6.13. The van der Waals surface area contributed by atoms with Gasteiger partial charge in [-0.25, -0.2) is 0 Å². The second-order valence-electron chi connectivity index (χ2n) is 6.53. The van der Waals surface area contributed by atoms with E-state index in [1.54, 1.807) is 0 Å². The lowest BCUT2D eigenvalue weighted by molar-refractivity contribution is 0.454. The zero-order valence-corrected chi connectivity index (χ0v) is 13.7. The molecule has 0 atom stereocenters. The van der Waals surface area contributed by atoms with Gasteiger partial charge in [-0.15, -0.1) is 0 Å². The van der Waals surface area contributed by atoms with Crippen molar-refractivity contribution in [3.05, 3.63) is 59.2 Å². The number of rotatable bonds is 4. The topological polar surface area (TPSA) is 21.3 Å². The molecule has 2 nitrogen and oxygen atoms in total. The van der Waals surface area contributed by atoms with Gasteiger partial charge in [-0.3, -0.25) is 0 Å². The van der Waals surface area contributed by atoms with E-state index in [9.17, 15) is 0 Å². The van der Waals surface area contributed by atoms with E-state index in [1.165, 1.54) is 16.7 Å². The van der Waals surface area contributed by atoms with E-state index in [2.05, 4.69) is 63.3 Å². The molecule has 2 aromatic carbocycles. The maximum Gasteiger partial charge on any atom is 0.131 e. The van der Waals surface area contributed by atoms with Crippen LogP contribution in [0.4, 0.5) is 0 Å². The molecule has 0 heterocycles. The second kappa shape index (κ2) is 6.31. The van der Waals surface area contributed by atoms with Gasteiger partial charge >= 0.3 is 0 Å². The van der Waals surface area contributed by atoms with E-state index >= 15 is 0 Å². The van der Waals surface area contributed by atoms with Gasteiger partial charge in [0.05, 0.1) is 0 Å². The third-order valence-corrected chi connectivity index (χ3v) is 3.48. The molecule has 0 aromatic heterocycles. The van der Waals surface area contributed by atoms with Crippen molar-refractivity contribution in [2.24, 2.45) is 0 Å². The van der Waals surface area contributed by atoms with Crippen LogP contribution in [0.15, 0.2) is 42.5 Å². The predicted octanol–water partition coefficient (Wildman–Crippen LogP) is 4.80. The molecule has 0 unspecified atom stereocenters. The first-order chi connectivity index (χ1) is 9.90. The normalized spacial score (nSPS) is 11.5. The first-order valence-electron chi connectivity index (χ1n) is 7.42. The van der Waals surface area contributed by atoms with Gasteiger partial charge in [0.2, 0.25) is 0 Å². The predicted molar refractivity (Wildman–Crippen MR) is 89.2 cm³/mol. The number of benzene rings is 2. The third kappa shape index (κ3) is 4.08. The van der Waals surface area contributed by atoms with Gasteiger partial charge in [0.25, 0.3) is 0 Å². The average Bonchev–Trinajstić information content (AvgIpc) is 2.40. The van der Waals surface area contributed by atoms with E-state index in [1.807, 2.05) is 19.2 Å². The number of hydrogen-bond donors (Lipinski definition) is 1. The van der Waals surface area contributed by atoms with Crippen LogP contribution in [0.3, 0.4) is 0 Å². The van der Waals surface area contributed by atoms with E-state index in [-0.39, 0.29) is 5.41 Å². The minimum Gasteiger partial charge on any atom is -0.457 e. The maximum absolute atomic E-state index is 6.13. The van der Waals surface area contributed by atoms with Crippen molar-refractivity contribution in [1.82, 2.24) is 5.32 Å². The van der Waals surface area contributed by atoms with Gasteiger partial charge in [0, 0.05) is 12.1 Å². The minimum absolute atomic E-state index is 0.0646. The van der Waals surface area contributed by atoms with Gasteiger partial charge < -0.3 is 10.1 Å². The molecule has 0 aliphatic carbocycles. The lowest BCUT2D eigenvalue weighted by atomic mass is 9.86. The molecular formula is C19H25NO. The molecule has 0 spiro atoms. The first-order valence-corrected chi connectivity index (χ1v) is 7.42. The monoisotopic (exact) mass is 283 g/mol. The highest BCUT2D eigenvalue weighted by molar-refractivity contribution is 5.44. The summed E-state index contributed by atoms with van der Waals surface area (Å²) in [5, 5.41) is 3.15. The van der Waals surface area contributed by atoms with E-state index < -0.39 is 0 Å². The molecule has 0 fully saturated rings. The molecule has 0 saturated carbocycles. The van der Waals surface area contributed by atoms with Crippen LogP contribution in [-0.4, -0.2) is 7.05 Å². The fourth-order valence-electron chi connectivity index (χ4n) is 2.34. The largest absolute Gasteiger partial charge is 0.457 e. The quantitative estimate of drug-likeness (QED) is 0.870. The standard InChI is InChI=1S/C19H25NO/c1-14-6-11-17(19(2,3)4)18(12-14)21-16-9-7-15(8-10-16)13-20-5/h6-12,20H,13H2,1-5H3. The summed E-state index contributed by atoms with van der Waals surface area (Å²) in [5.74, 6) is 1.83. The Morgan fingerprint density at radius 3 is 2.24 bits per heavy atom.